The highest BCUT2D eigenvalue weighted by molar-refractivity contribution is 5.88. The molecule has 3 rings (SSSR count). The topological polar surface area (TPSA) is 86.0 Å². The number of carbonyl (C=O) groups is 1. The van der Waals surface area contributed by atoms with Crippen LogP contribution in [0.25, 0.3) is 11.1 Å². The van der Waals surface area contributed by atoms with Crippen molar-refractivity contribution in [3.63, 3.8) is 0 Å². The van der Waals surface area contributed by atoms with Gasteiger partial charge >= 0.3 is 11.6 Å². The fourth-order valence-electron chi connectivity index (χ4n) is 2.77. The van der Waals surface area contributed by atoms with Gasteiger partial charge in [-0.1, -0.05) is 30.3 Å². The minimum absolute atomic E-state index is 0.0784. The Morgan fingerprint density at radius 2 is 1.78 bits per heavy atom. The number of phenols is 1. The van der Waals surface area contributed by atoms with Crippen LogP contribution in [0.15, 0.2) is 63.8 Å². The standard InChI is InChI=1S/C21H18O6/c1-25-15-9-7-13(8-10-15)16-12-19(21(24)26-2)27-20(23)17(16)11-14-5-3-4-6-18(14)22/h3-10,12,22H,11H2,1-2H3. The van der Waals surface area contributed by atoms with Crippen molar-refractivity contribution in [3.05, 3.63) is 81.9 Å². The fourth-order valence-corrected chi connectivity index (χ4v) is 2.77. The third-order valence-electron chi connectivity index (χ3n) is 4.20. The Kier molecular flexibility index (Phi) is 5.26. The Morgan fingerprint density at radius 1 is 1.07 bits per heavy atom. The van der Waals surface area contributed by atoms with E-state index in [-0.39, 0.29) is 17.9 Å². The zero-order valence-corrected chi connectivity index (χ0v) is 14.9. The molecule has 0 aliphatic carbocycles. The van der Waals surface area contributed by atoms with Crippen molar-refractivity contribution in [1.29, 1.82) is 0 Å². The van der Waals surface area contributed by atoms with E-state index in [4.69, 9.17) is 9.15 Å². The van der Waals surface area contributed by atoms with Gasteiger partial charge in [0.25, 0.3) is 0 Å². The number of ether oxygens (including phenoxy) is 2. The first-order valence-corrected chi connectivity index (χ1v) is 8.20. The van der Waals surface area contributed by atoms with Gasteiger partial charge in [-0.3, -0.25) is 0 Å². The lowest BCUT2D eigenvalue weighted by atomic mass is 9.96. The number of phenolic OH excluding ortho intramolecular Hbond substituents is 1. The lowest BCUT2D eigenvalue weighted by Gasteiger charge is -2.11. The van der Waals surface area contributed by atoms with Crippen molar-refractivity contribution in [2.45, 2.75) is 6.42 Å². The van der Waals surface area contributed by atoms with E-state index in [1.807, 2.05) is 0 Å². The summed E-state index contributed by atoms with van der Waals surface area (Å²) in [6.07, 6.45) is 0.151. The molecular formula is C21H18O6. The van der Waals surface area contributed by atoms with Crippen LogP contribution in [0.5, 0.6) is 11.5 Å². The van der Waals surface area contributed by atoms with Crippen LogP contribution in [0.1, 0.15) is 21.7 Å². The maximum absolute atomic E-state index is 12.6. The molecule has 0 amide bonds. The van der Waals surface area contributed by atoms with E-state index in [1.54, 1.807) is 55.6 Å². The molecule has 27 heavy (non-hydrogen) atoms. The molecule has 0 aliphatic heterocycles. The summed E-state index contributed by atoms with van der Waals surface area (Å²) in [4.78, 5) is 24.5. The van der Waals surface area contributed by atoms with Gasteiger partial charge in [0.05, 0.1) is 19.8 Å². The van der Waals surface area contributed by atoms with Crippen molar-refractivity contribution in [2.24, 2.45) is 0 Å². The molecule has 6 heteroatoms. The molecule has 0 saturated carbocycles. The second-order valence-electron chi connectivity index (χ2n) is 5.82. The Balaban J connectivity index is 2.17. The highest BCUT2D eigenvalue weighted by Crippen LogP contribution is 2.28. The van der Waals surface area contributed by atoms with Crippen molar-refractivity contribution < 1.29 is 23.8 Å². The average molecular weight is 366 g/mol. The number of carbonyl (C=O) groups excluding carboxylic acids is 1. The van der Waals surface area contributed by atoms with Crippen LogP contribution in [0.2, 0.25) is 0 Å². The number of rotatable bonds is 5. The van der Waals surface area contributed by atoms with Crippen LogP contribution in [-0.2, 0) is 11.2 Å². The summed E-state index contributed by atoms with van der Waals surface area (Å²) in [5.74, 6) is -0.183. The van der Waals surface area contributed by atoms with E-state index in [1.165, 1.54) is 13.2 Å². The van der Waals surface area contributed by atoms with Crippen molar-refractivity contribution in [2.75, 3.05) is 14.2 Å². The maximum Gasteiger partial charge on any atom is 0.374 e. The van der Waals surface area contributed by atoms with E-state index < -0.39 is 11.6 Å². The van der Waals surface area contributed by atoms with Gasteiger partial charge in [0.1, 0.15) is 11.5 Å². The molecule has 0 spiro atoms. The molecule has 0 saturated heterocycles. The highest BCUT2D eigenvalue weighted by Gasteiger charge is 2.19. The summed E-state index contributed by atoms with van der Waals surface area (Å²) in [6, 6.07) is 15.3. The first kappa shape index (κ1) is 18.3. The summed E-state index contributed by atoms with van der Waals surface area (Å²) in [5.41, 5.74) is 1.48. The molecule has 0 atom stereocenters. The number of hydrogen-bond acceptors (Lipinski definition) is 6. The Morgan fingerprint density at radius 3 is 2.41 bits per heavy atom. The first-order chi connectivity index (χ1) is 13.0. The summed E-state index contributed by atoms with van der Waals surface area (Å²) in [7, 11) is 2.77. The molecular weight excluding hydrogens is 348 g/mol. The van der Waals surface area contributed by atoms with Crippen LogP contribution in [-0.4, -0.2) is 25.3 Å². The third-order valence-corrected chi connectivity index (χ3v) is 4.20. The number of esters is 1. The molecule has 1 heterocycles. The summed E-state index contributed by atoms with van der Waals surface area (Å²) in [5, 5.41) is 10.1. The molecule has 0 unspecified atom stereocenters. The van der Waals surface area contributed by atoms with E-state index in [2.05, 4.69) is 4.74 Å². The molecule has 3 aromatic rings. The normalized spacial score (nSPS) is 10.4. The zero-order valence-electron chi connectivity index (χ0n) is 14.9. The third kappa shape index (κ3) is 3.84. The SMILES string of the molecule is COC(=O)c1cc(-c2ccc(OC)cc2)c(Cc2ccccc2O)c(=O)o1. The van der Waals surface area contributed by atoms with Crippen molar-refractivity contribution in [1.82, 2.24) is 0 Å². The average Bonchev–Trinajstić information content (AvgIpc) is 2.70. The van der Waals surface area contributed by atoms with E-state index >= 15 is 0 Å². The van der Waals surface area contributed by atoms with Gasteiger partial charge in [0, 0.05) is 6.42 Å². The first-order valence-electron chi connectivity index (χ1n) is 8.20. The van der Waals surface area contributed by atoms with Crippen LogP contribution < -0.4 is 10.4 Å². The zero-order chi connectivity index (χ0) is 19.4. The molecule has 2 aromatic carbocycles. The monoisotopic (exact) mass is 366 g/mol. The lowest BCUT2D eigenvalue weighted by molar-refractivity contribution is 0.0559. The largest absolute Gasteiger partial charge is 0.508 e. The summed E-state index contributed by atoms with van der Waals surface area (Å²) < 4.78 is 15.0. The summed E-state index contributed by atoms with van der Waals surface area (Å²) >= 11 is 0. The van der Waals surface area contributed by atoms with Gasteiger partial charge in [-0.2, -0.15) is 0 Å². The van der Waals surface area contributed by atoms with Gasteiger partial charge in [0.15, 0.2) is 0 Å². The molecule has 0 fully saturated rings. The van der Waals surface area contributed by atoms with Crippen LogP contribution >= 0.6 is 0 Å². The van der Waals surface area contributed by atoms with Gasteiger partial charge in [-0.05, 0) is 41.0 Å². The molecule has 0 aliphatic rings. The van der Waals surface area contributed by atoms with E-state index in [9.17, 15) is 14.7 Å². The van der Waals surface area contributed by atoms with Crippen molar-refractivity contribution in [3.8, 4) is 22.6 Å². The van der Waals surface area contributed by atoms with Crippen LogP contribution in [0, 0.1) is 0 Å². The maximum atomic E-state index is 12.6. The van der Waals surface area contributed by atoms with Crippen LogP contribution in [0.4, 0.5) is 0 Å². The Labute approximate surface area is 155 Å². The molecule has 1 N–H and O–H groups in total. The smallest absolute Gasteiger partial charge is 0.374 e. The van der Waals surface area contributed by atoms with Gasteiger partial charge < -0.3 is 19.0 Å². The minimum atomic E-state index is -0.740. The number of para-hydroxylation sites is 1. The predicted octanol–water partition coefficient (Wildman–Crippen LogP) is 3.40. The highest BCUT2D eigenvalue weighted by atomic mass is 16.5. The van der Waals surface area contributed by atoms with Gasteiger partial charge in [0.2, 0.25) is 5.76 Å². The number of methoxy groups -OCH3 is 2. The van der Waals surface area contributed by atoms with Gasteiger partial charge in [-0.25, -0.2) is 9.59 Å². The molecule has 0 radical (unpaired) electrons. The van der Waals surface area contributed by atoms with Crippen LogP contribution in [0.3, 0.4) is 0 Å². The van der Waals surface area contributed by atoms with E-state index in [0.29, 0.717) is 28.0 Å². The quantitative estimate of drug-likeness (QED) is 0.697. The molecule has 6 nitrogen and oxygen atoms in total. The molecule has 138 valence electrons. The minimum Gasteiger partial charge on any atom is -0.508 e. The fraction of sp³-hybridized carbons (Fsp3) is 0.143. The number of hydrogen-bond donors (Lipinski definition) is 1. The second kappa shape index (κ2) is 7.78. The van der Waals surface area contributed by atoms with E-state index in [0.717, 1.165) is 0 Å². The van der Waals surface area contributed by atoms with Crippen molar-refractivity contribution >= 4 is 5.97 Å². The Hall–Kier alpha value is -3.54. The summed E-state index contributed by atoms with van der Waals surface area (Å²) in [6.45, 7) is 0. The Bertz CT molecular complexity index is 1020. The lowest BCUT2D eigenvalue weighted by Crippen LogP contribution is -2.14. The number of benzene rings is 2. The number of aromatic hydroxyl groups is 1. The van der Waals surface area contributed by atoms with Gasteiger partial charge in [-0.15, -0.1) is 0 Å². The molecule has 1 aromatic heterocycles. The molecule has 0 bridgehead atoms. The second-order valence-corrected chi connectivity index (χ2v) is 5.82. The predicted molar refractivity (Wildman–Crippen MR) is 99.2 cm³/mol.